The second-order valence-electron chi connectivity index (χ2n) is 9.32. The molecule has 0 bridgehead atoms. The lowest BCUT2D eigenvalue weighted by Crippen LogP contribution is -2.74. The number of halogens is 1. The smallest absolute Gasteiger partial charge is 0.249 e. The first kappa shape index (κ1) is 26.1. The van der Waals surface area contributed by atoms with Gasteiger partial charge in [0.25, 0.3) is 0 Å². The van der Waals surface area contributed by atoms with Crippen LogP contribution in [0.15, 0.2) is 18.2 Å². The Hall–Kier alpha value is -2.47. The van der Waals surface area contributed by atoms with Crippen LogP contribution in [-0.2, 0) is 16.1 Å². The number of likely N-dealkylation sites (tertiary alicyclic amines) is 1. The van der Waals surface area contributed by atoms with Crippen molar-refractivity contribution in [2.75, 3.05) is 32.8 Å². The van der Waals surface area contributed by atoms with Gasteiger partial charge in [0.05, 0.1) is 12.6 Å². The average Bonchev–Trinajstić information content (AvgIpc) is 2.82. The maximum atomic E-state index is 13.3. The van der Waals surface area contributed by atoms with Crippen molar-refractivity contribution in [1.82, 2.24) is 15.1 Å². The van der Waals surface area contributed by atoms with Gasteiger partial charge >= 0.3 is 0 Å². The molecule has 3 aliphatic rings. The monoisotopic (exact) mass is 491 g/mol. The van der Waals surface area contributed by atoms with Gasteiger partial charge in [-0.25, -0.2) is 0 Å². The molecular weight excluding hydrogens is 458 g/mol. The molecular formula is C25H34ClN3O5. The molecule has 2 amide bonds. The highest BCUT2D eigenvalue weighted by molar-refractivity contribution is 6.00. The van der Waals surface area contributed by atoms with Crippen molar-refractivity contribution in [3.8, 4) is 23.3 Å². The van der Waals surface area contributed by atoms with Crippen LogP contribution in [0.1, 0.15) is 39.2 Å². The number of aliphatic hydroxyl groups excluding tert-OH is 1. The summed E-state index contributed by atoms with van der Waals surface area (Å²) in [5, 5.41) is 13.4. The first-order valence-corrected chi connectivity index (χ1v) is 11.7. The summed E-state index contributed by atoms with van der Waals surface area (Å²) in [5.41, 5.74) is 0.186. The molecule has 2 fully saturated rings. The zero-order chi connectivity index (χ0) is 23.6. The Labute approximate surface area is 207 Å². The number of hydrogen-bond donors (Lipinski definition) is 2. The van der Waals surface area contributed by atoms with Crippen molar-refractivity contribution in [3.63, 3.8) is 0 Å². The number of aliphatic hydroxyl groups is 1. The summed E-state index contributed by atoms with van der Waals surface area (Å²) in [4.78, 5) is 30.6. The fourth-order valence-corrected chi connectivity index (χ4v) is 4.86. The highest BCUT2D eigenvalue weighted by Crippen LogP contribution is 2.35. The molecule has 3 heterocycles. The molecule has 2 unspecified atom stereocenters. The Morgan fingerprint density at radius 2 is 1.85 bits per heavy atom. The molecule has 4 rings (SSSR count). The Morgan fingerprint density at radius 3 is 2.50 bits per heavy atom. The number of piperidine rings is 1. The number of benzene rings is 1. The van der Waals surface area contributed by atoms with Crippen molar-refractivity contribution in [2.45, 2.75) is 57.8 Å². The van der Waals surface area contributed by atoms with E-state index in [1.807, 2.05) is 32.0 Å². The van der Waals surface area contributed by atoms with Gasteiger partial charge in [0, 0.05) is 19.6 Å². The predicted octanol–water partition coefficient (Wildman–Crippen LogP) is 1.58. The van der Waals surface area contributed by atoms with E-state index < -0.39 is 17.7 Å². The van der Waals surface area contributed by atoms with Crippen molar-refractivity contribution in [3.05, 3.63) is 23.8 Å². The number of nitrogens with zero attached hydrogens (tertiary/aromatic N) is 2. The summed E-state index contributed by atoms with van der Waals surface area (Å²) in [6.07, 6.45) is 0.0990. The third-order valence-electron chi connectivity index (χ3n) is 6.89. The van der Waals surface area contributed by atoms with Gasteiger partial charge in [0.1, 0.15) is 24.8 Å². The van der Waals surface area contributed by atoms with Crippen LogP contribution in [0.3, 0.4) is 0 Å². The van der Waals surface area contributed by atoms with Crippen LogP contribution < -0.4 is 14.8 Å². The van der Waals surface area contributed by atoms with E-state index >= 15 is 0 Å². The highest BCUT2D eigenvalue weighted by Gasteiger charge is 2.54. The van der Waals surface area contributed by atoms with Crippen LogP contribution in [0.2, 0.25) is 0 Å². The minimum absolute atomic E-state index is 0. The van der Waals surface area contributed by atoms with E-state index in [1.54, 1.807) is 11.8 Å². The van der Waals surface area contributed by atoms with Gasteiger partial charge in [0.2, 0.25) is 11.8 Å². The zero-order valence-corrected chi connectivity index (χ0v) is 20.8. The summed E-state index contributed by atoms with van der Waals surface area (Å²) in [6.45, 7) is 8.76. The normalized spacial score (nSPS) is 22.5. The molecule has 9 heteroatoms. The largest absolute Gasteiger partial charge is 0.486 e. The molecule has 0 radical (unpaired) electrons. The van der Waals surface area contributed by atoms with Crippen molar-refractivity contribution >= 4 is 24.2 Å². The summed E-state index contributed by atoms with van der Waals surface area (Å²) in [6, 6.07) is 5.05. The molecule has 2 saturated heterocycles. The van der Waals surface area contributed by atoms with Crippen molar-refractivity contribution in [1.29, 1.82) is 0 Å². The van der Waals surface area contributed by atoms with Crippen LogP contribution in [-0.4, -0.2) is 77.3 Å². The maximum Gasteiger partial charge on any atom is 0.249 e. The Balaban J connectivity index is 0.00000324. The van der Waals surface area contributed by atoms with Gasteiger partial charge in [-0.2, -0.15) is 0 Å². The first-order valence-electron chi connectivity index (χ1n) is 11.7. The minimum atomic E-state index is -0.939. The Morgan fingerprint density at radius 1 is 1.18 bits per heavy atom. The van der Waals surface area contributed by atoms with Gasteiger partial charge < -0.3 is 24.8 Å². The second kappa shape index (κ2) is 10.9. The lowest BCUT2D eigenvalue weighted by atomic mass is 9.80. The number of fused-ring (bicyclic) bond motifs is 1. The van der Waals surface area contributed by atoms with Gasteiger partial charge in [-0.15, -0.1) is 18.3 Å². The quantitative estimate of drug-likeness (QED) is 0.608. The lowest BCUT2D eigenvalue weighted by Gasteiger charge is -2.51. The fourth-order valence-electron chi connectivity index (χ4n) is 4.86. The van der Waals surface area contributed by atoms with Crippen LogP contribution in [0.4, 0.5) is 0 Å². The number of nitrogens with one attached hydrogen (secondary N) is 1. The van der Waals surface area contributed by atoms with E-state index in [-0.39, 0.29) is 36.7 Å². The minimum Gasteiger partial charge on any atom is -0.486 e. The zero-order valence-electron chi connectivity index (χ0n) is 20.0. The molecule has 0 aromatic heterocycles. The van der Waals surface area contributed by atoms with Crippen molar-refractivity contribution < 1.29 is 24.2 Å². The van der Waals surface area contributed by atoms with Gasteiger partial charge in [0.15, 0.2) is 11.5 Å². The van der Waals surface area contributed by atoms with Crippen LogP contribution >= 0.6 is 12.4 Å². The molecule has 1 spiro atoms. The Bertz CT molecular complexity index is 965. The Kier molecular flexibility index (Phi) is 8.34. The fraction of sp³-hybridized carbons (Fsp3) is 0.600. The number of carbonyl (C=O) groups excluding carboxylic acids is 2. The summed E-state index contributed by atoms with van der Waals surface area (Å²) in [5.74, 6) is 6.74. The lowest BCUT2D eigenvalue weighted by molar-refractivity contribution is -0.164. The second-order valence-corrected chi connectivity index (χ2v) is 9.32. The topological polar surface area (TPSA) is 91.3 Å². The van der Waals surface area contributed by atoms with Crippen LogP contribution in [0.25, 0.3) is 0 Å². The summed E-state index contributed by atoms with van der Waals surface area (Å²) >= 11 is 0. The van der Waals surface area contributed by atoms with E-state index in [0.717, 1.165) is 23.6 Å². The predicted molar refractivity (Wildman–Crippen MR) is 130 cm³/mol. The number of rotatable bonds is 5. The highest BCUT2D eigenvalue weighted by atomic mass is 35.5. The van der Waals surface area contributed by atoms with Gasteiger partial charge in [-0.05, 0) is 43.4 Å². The summed E-state index contributed by atoms with van der Waals surface area (Å²) in [7, 11) is 0. The third kappa shape index (κ3) is 4.97. The van der Waals surface area contributed by atoms with E-state index in [0.29, 0.717) is 39.1 Å². The molecule has 2 atom stereocenters. The van der Waals surface area contributed by atoms with E-state index in [1.165, 1.54) is 0 Å². The van der Waals surface area contributed by atoms with Crippen LogP contribution in [0.5, 0.6) is 11.5 Å². The number of carbonyl (C=O) groups is 2. The summed E-state index contributed by atoms with van der Waals surface area (Å²) < 4.78 is 11.3. The van der Waals surface area contributed by atoms with Crippen molar-refractivity contribution in [2.24, 2.45) is 5.92 Å². The molecule has 1 aromatic rings. The van der Waals surface area contributed by atoms with E-state index in [9.17, 15) is 14.7 Å². The molecule has 0 saturated carbocycles. The molecule has 2 N–H and O–H groups in total. The molecule has 8 nitrogen and oxygen atoms in total. The average molecular weight is 492 g/mol. The number of amides is 2. The standard InChI is InChI=1S/C25H33N3O5.ClH/c1-4-5-10-28-23(30)21(22(29)17(2)3)26-24(31)25(28)8-11-27(12-9-25)16-18-6-7-19-20(15-18)33-14-13-32-19;/h6-7,15,17,21-22,29H,8-14,16H2,1-3H3,(H,26,31);1H. The number of ether oxygens (including phenoxy) is 2. The SMILES string of the molecule is CC#CCN1C(=O)C(C(O)C(C)C)NC(=O)C12CCN(Cc1ccc3c(c1)OCCO3)CC2.Cl. The third-order valence-corrected chi connectivity index (χ3v) is 6.89. The maximum absolute atomic E-state index is 13.3. The molecule has 0 aliphatic carbocycles. The van der Waals surface area contributed by atoms with E-state index in [2.05, 4.69) is 22.1 Å². The van der Waals surface area contributed by atoms with Gasteiger partial charge in [-0.3, -0.25) is 14.5 Å². The van der Waals surface area contributed by atoms with Crippen LogP contribution in [0, 0.1) is 17.8 Å². The van der Waals surface area contributed by atoms with Gasteiger partial charge in [-0.1, -0.05) is 25.8 Å². The molecule has 3 aliphatic heterocycles. The molecule has 1 aromatic carbocycles. The number of hydrogen-bond acceptors (Lipinski definition) is 6. The van der Waals surface area contributed by atoms with E-state index in [4.69, 9.17) is 9.47 Å². The first-order chi connectivity index (χ1) is 15.9. The molecule has 186 valence electrons. The number of piperazine rings is 1. The molecule has 34 heavy (non-hydrogen) atoms.